The van der Waals surface area contributed by atoms with Crippen molar-refractivity contribution in [3.8, 4) is 11.4 Å². The molecular formula is C15H17N3S. The topological polar surface area (TPSA) is 37.8 Å². The van der Waals surface area contributed by atoms with E-state index in [1.54, 1.807) is 0 Å². The second-order valence-electron chi connectivity index (χ2n) is 4.81. The zero-order chi connectivity index (χ0) is 13.4. The summed E-state index contributed by atoms with van der Waals surface area (Å²) in [6, 6.07) is 6.30. The van der Waals surface area contributed by atoms with Gasteiger partial charge in [0.15, 0.2) is 5.82 Å². The predicted molar refractivity (Wildman–Crippen MR) is 81.5 cm³/mol. The molecule has 1 N–H and O–H groups in total. The van der Waals surface area contributed by atoms with Gasteiger partial charge in [-0.3, -0.25) is 0 Å². The first-order chi connectivity index (χ1) is 9.20. The minimum Gasteiger partial charge on any atom is -0.373 e. The normalized spacial score (nSPS) is 13.4. The lowest BCUT2D eigenvalue weighted by molar-refractivity contribution is 1.07. The van der Waals surface area contributed by atoms with Crippen LogP contribution in [-0.2, 0) is 11.5 Å². The third-order valence-electron chi connectivity index (χ3n) is 3.66. The Balaban J connectivity index is 2.18. The summed E-state index contributed by atoms with van der Waals surface area (Å²) in [5.41, 5.74) is 6.12. The van der Waals surface area contributed by atoms with Crippen LogP contribution in [0.1, 0.15) is 22.4 Å². The minimum atomic E-state index is 0.840. The van der Waals surface area contributed by atoms with Crippen molar-refractivity contribution < 1.29 is 0 Å². The second-order valence-corrected chi connectivity index (χ2v) is 5.80. The van der Waals surface area contributed by atoms with Gasteiger partial charge >= 0.3 is 0 Å². The van der Waals surface area contributed by atoms with Gasteiger partial charge in [0.2, 0.25) is 0 Å². The molecule has 0 amide bonds. The zero-order valence-electron chi connectivity index (χ0n) is 11.4. The van der Waals surface area contributed by atoms with Crippen molar-refractivity contribution in [1.29, 1.82) is 0 Å². The van der Waals surface area contributed by atoms with Crippen molar-refractivity contribution in [2.75, 3.05) is 12.4 Å². The van der Waals surface area contributed by atoms with Crippen LogP contribution in [0.25, 0.3) is 11.4 Å². The van der Waals surface area contributed by atoms with E-state index in [0.717, 1.165) is 28.7 Å². The van der Waals surface area contributed by atoms with E-state index in [9.17, 15) is 0 Å². The molecule has 0 radical (unpaired) electrons. The molecule has 3 nitrogen and oxygen atoms in total. The highest BCUT2D eigenvalue weighted by atomic mass is 32.2. The third-order valence-corrected chi connectivity index (χ3v) is 4.63. The van der Waals surface area contributed by atoms with Crippen LogP contribution in [0, 0.1) is 13.8 Å². The maximum Gasteiger partial charge on any atom is 0.162 e. The molecule has 0 unspecified atom stereocenters. The highest BCUT2D eigenvalue weighted by Gasteiger charge is 2.20. The van der Waals surface area contributed by atoms with E-state index in [2.05, 4.69) is 37.4 Å². The summed E-state index contributed by atoms with van der Waals surface area (Å²) in [6.45, 7) is 4.26. The van der Waals surface area contributed by atoms with Crippen LogP contribution in [0.5, 0.6) is 0 Å². The molecule has 0 aliphatic carbocycles. The van der Waals surface area contributed by atoms with Crippen molar-refractivity contribution in [2.24, 2.45) is 0 Å². The molecular weight excluding hydrogens is 254 g/mol. The summed E-state index contributed by atoms with van der Waals surface area (Å²) in [4.78, 5) is 9.46. The number of nitrogens with one attached hydrogen (secondary N) is 1. The molecule has 0 atom stereocenters. The summed E-state index contributed by atoms with van der Waals surface area (Å²) in [5.74, 6) is 3.82. The summed E-state index contributed by atoms with van der Waals surface area (Å²) in [6.07, 6.45) is 0. The lowest BCUT2D eigenvalue weighted by atomic mass is 10.0. The lowest BCUT2D eigenvalue weighted by Gasteiger charge is -2.11. The number of hydrogen-bond donors (Lipinski definition) is 1. The number of aromatic nitrogens is 2. The number of benzene rings is 1. The molecule has 19 heavy (non-hydrogen) atoms. The van der Waals surface area contributed by atoms with E-state index in [4.69, 9.17) is 9.97 Å². The summed E-state index contributed by atoms with van der Waals surface area (Å²) in [5, 5.41) is 3.21. The average Bonchev–Trinajstić information content (AvgIpc) is 2.89. The van der Waals surface area contributed by atoms with Crippen LogP contribution in [0.3, 0.4) is 0 Å². The molecule has 1 aromatic heterocycles. The van der Waals surface area contributed by atoms with Gasteiger partial charge < -0.3 is 5.32 Å². The Kier molecular flexibility index (Phi) is 3.19. The van der Waals surface area contributed by atoms with E-state index in [1.165, 1.54) is 22.4 Å². The highest BCUT2D eigenvalue weighted by molar-refractivity contribution is 7.98. The monoisotopic (exact) mass is 271 g/mol. The van der Waals surface area contributed by atoms with Gasteiger partial charge in [-0.15, -0.1) is 0 Å². The smallest absolute Gasteiger partial charge is 0.162 e. The Morgan fingerprint density at radius 3 is 2.79 bits per heavy atom. The minimum absolute atomic E-state index is 0.840. The van der Waals surface area contributed by atoms with Crippen LogP contribution in [0.2, 0.25) is 0 Å². The molecule has 0 spiro atoms. The highest BCUT2D eigenvalue weighted by Crippen LogP contribution is 2.34. The van der Waals surface area contributed by atoms with Gasteiger partial charge in [-0.05, 0) is 25.0 Å². The standard InChI is InChI=1S/C15H17N3S/c1-9-5-4-6-11(10(9)2)15-17-13-8-19-7-12(13)14(16-3)18-15/h4-6H,7-8H2,1-3H3,(H,16,17,18). The molecule has 1 aromatic carbocycles. The van der Waals surface area contributed by atoms with E-state index < -0.39 is 0 Å². The first-order valence-electron chi connectivity index (χ1n) is 6.42. The molecule has 0 bridgehead atoms. The van der Waals surface area contributed by atoms with E-state index in [-0.39, 0.29) is 0 Å². The Labute approximate surface area is 117 Å². The van der Waals surface area contributed by atoms with Crippen LogP contribution in [-0.4, -0.2) is 17.0 Å². The van der Waals surface area contributed by atoms with Crippen molar-refractivity contribution in [2.45, 2.75) is 25.4 Å². The molecule has 2 heterocycles. The maximum absolute atomic E-state index is 4.76. The fraction of sp³-hybridized carbons (Fsp3) is 0.333. The van der Waals surface area contributed by atoms with E-state index in [0.29, 0.717) is 0 Å². The average molecular weight is 271 g/mol. The van der Waals surface area contributed by atoms with Gasteiger partial charge in [0.1, 0.15) is 5.82 Å². The number of anilines is 1. The molecule has 3 rings (SSSR count). The number of aryl methyl sites for hydroxylation is 1. The first-order valence-corrected chi connectivity index (χ1v) is 7.58. The fourth-order valence-corrected chi connectivity index (χ4v) is 3.41. The summed E-state index contributed by atoms with van der Waals surface area (Å²) in [7, 11) is 1.93. The van der Waals surface area contributed by atoms with Crippen LogP contribution in [0.4, 0.5) is 5.82 Å². The van der Waals surface area contributed by atoms with Crippen molar-refractivity contribution in [3.05, 3.63) is 40.6 Å². The van der Waals surface area contributed by atoms with Gasteiger partial charge in [0.05, 0.1) is 5.69 Å². The molecule has 1 aliphatic rings. The fourth-order valence-electron chi connectivity index (χ4n) is 2.37. The summed E-state index contributed by atoms with van der Waals surface area (Å²) < 4.78 is 0. The number of hydrogen-bond acceptors (Lipinski definition) is 4. The largest absolute Gasteiger partial charge is 0.373 e. The Morgan fingerprint density at radius 2 is 2.00 bits per heavy atom. The SMILES string of the molecule is CNc1nc(-c2cccc(C)c2C)nc2c1CSC2. The Hall–Kier alpha value is -1.55. The third kappa shape index (κ3) is 2.10. The number of fused-ring (bicyclic) bond motifs is 1. The van der Waals surface area contributed by atoms with Crippen molar-refractivity contribution in [3.63, 3.8) is 0 Å². The van der Waals surface area contributed by atoms with Crippen LogP contribution < -0.4 is 5.32 Å². The lowest BCUT2D eigenvalue weighted by Crippen LogP contribution is -2.04. The van der Waals surface area contributed by atoms with Crippen LogP contribution in [0.15, 0.2) is 18.2 Å². The Bertz CT molecular complexity index is 638. The molecule has 0 fully saturated rings. The molecule has 1 aliphatic heterocycles. The van der Waals surface area contributed by atoms with Crippen molar-refractivity contribution >= 4 is 17.6 Å². The van der Waals surface area contributed by atoms with Gasteiger partial charge in [-0.1, -0.05) is 18.2 Å². The van der Waals surface area contributed by atoms with E-state index in [1.807, 2.05) is 18.8 Å². The van der Waals surface area contributed by atoms with Gasteiger partial charge in [0.25, 0.3) is 0 Å². The second kappa shape index (κ2) is 4.85. The maximum atomic E-state index is 4.76. The number of rotatable bonds is 2. The zero-order valence-corrected chi connectivity index (χ0v) is 12.3. The molecule has 4 heteroatoms. The summed E-state index contributed by atoms with van der Waals surface area (Å²) >= 11 is 1.90. The number of nitrogens with zero attached hydrogens (tertiary/aromatic N) is 2. The predicted octanol–water partition coefficient (Wildman–Crippen LogP) is 3.55. The van der Waals surface area contributed by atoms with Gasteiger partial charge in [-0.25, -0.2) is 9.97 Å². The van der Waals surface area contributed by atoms with Crippen molar-refractivity contribution in [1.82, 2.24) is 9.97 Å². The van der Waals surface area contributed by atoms with Gasteiger partial charge in [-0.2, -0.15) is 11.8 Å². The molecule has 2 aromatic rings. The number of thioether (sulfide) groups is 1. The molecule has 0 saturated heterocycles. The van der Waals surface area contributed by atoms with Crippen LogP contribution >= 0.6 is 11.8 Å². The quantitative estimate of drug-likeness (QED) is 0.906. The molecule has 98 valence electrons. The Morgan fingerprint density at radius 1 is 1.16 bits per heavy atom. The molecule has 0 saturated carbocycles. The first kappa shape index (κ1) is 12.5. The van der Waals surface area contributed by atoms with Gasteiger partial charge in [0, 0.05) is 29.7 Å². The van der Waals surface area contributed by atoms with E-state index >= 15 is 0 Å².